The number of guanidine groups is 1. The van der Waals surface area contributed by atoms with Gasteiger partial charge >= 0.3 is 0 Å². The van der Waals surface area contributed by atoms with Crippen LogP contribution in [-0.2, 0) is 9.59 Å². The van der Waals surface area contributed by atoms with Gasteiger partial charge in [-0.1, -0.05) is 129 Å². The molecule has 1 aliphatic carbocycles. The number of nitrogens with zero attached hydrogens (tertiary/aromatic N) is 2. The Labute approximate surface area is 220 Å². The van der Waals surface area contributed by atoms with Gasteiger partial charge in [-0.15, -0.1) is 0 Å². The average Bonchev–Trinajstić information content (AvgIpc) is 3.26. The maximum absolute atomic E-state index is 13.1. The number of aliphatic imine (C=N–C) groups is 2. The third-order valence-corrected chi connectivity index (χ3v) is 7.32. The Kier molecular flexibility index (Phi) is 16.0. The fourth-order valence-corrected chi connectivity index (χ4v) is 5.02. The molecule has 0 spiro atoms. The van der Waals surface area contributed by atoms with E-state index in [9.17, 15) is 9.59 Å². The summed E-state index contributed by atoms with van der Waals surface area (Å²) in [4.78, 5) is 33.5. The van der Waals surface area contributed by atoms with Gasteiger partial charge in [0.1, 0.15) is 0 Å². The van der Waals surface area contributed by atoms with Crippen molar-refractivity contribution < 1.29 is 9.59 Å². The Hall–Kier alpha value is -2.04. The fraction of sp³-hybridized carbons (Fsp3) is 0.742. The summed E-state index contributed by atoms with van der Waals surface area (Å²) in [7, 11) is 0. The van der Waals surface area contributed by atoms with Crippen LogP contribution in [0.2, 0.25) is 0 Å². The second-order valence-corrected chi connectivity index (χ2v) is 10.6. The molecule has 0 aromatic rings. The molecular weight excluding hydrogens is 446 g/mol. The van der Waals surface area contributed by atoms with Crippen molar-refractivity contribution in [3.05, 3.63) is 23.9 Å². The van der Waals surface area contributed by atoms with Gasteiger partial charge < -0.3 is 0 Å². The van der Waals surface area contributed by atoms with E-state index in [2.05, 4.69) is 29.1 Å². The molecule has 1 amide bonds. The zero-order valence-corrected chi connectivity index (χ0v) is 23.2. The van der Waals surface area contributed by atoms with E-state index in [1.165, 1.54) is 115 Å². The molecular formula is C31H51N3O2. The molecule has 1 N–H and O–H groups in total. The Bertz CT molecular complexity index is 779. The van der Waals surface area contributed by atoms with Crippen LogP contribution in [0.3, 0.4) is 0 Å². The van der Waals surface area contributed by atoms with Crippen molar-refractivity contribution in [1.29, 1.82) is 0 Å². The molecule has 2 aliphatic rings. The van der Waals surface area contributed by atoms with Gasteiger partial charge in [0.05, 0.1) is 11.4 Å². The molecule has 36 heavy (non-hydrogen) atoms. The number of rotatable bonds is 21. The number of hydrogen-bond donors (Lipinski definition) is 1. The second-order valence-electron chi connectivity index (χ2n) is 10.6. The topological polar surface area (TPSA) is 70.9 Å². The smallest absolute Gasteiger partial charge is 0.230 e. The van der Waals surface area contributed by atoms with Gasteiger partial charge in [0.2, 0.25) is 11.9 Å². The first-order valence-corrected chi connectivity index (χ1v) is 15.1. The highest BCUT2D eigenvalue weighted by Gasteiger charge is 2.23. The maximum Gasteiger partial charge on any atom is 0.230 e. The molecule has 5 nitrogen and oxygen atoms in total. The van der Waals surface area contributed by atoms with Gasteiger partial charge in [-0.05, 0) is 25.0 Å². The van der Waals surface area contributed by atoms with Crippen molar-refractivity contribution in [2.75, 3.05) is 0 Å². The first kappa shape index (κ1) is 30.2. The number of carbonyl (C=O) groups excluding carboxylic acids is 2. The van der Waals surface area contributed by atoms with E-state index in [0.717, 1.165) is 25.7 Å². The molecule has 2 rings (SSSR count). The molecule has 1 heterocycles. The fourth-order valence-electron chi connectivity index (χ4n) is 5.02. The number of ketones is 1. The normalized spacial score (nSPS) is 15.4. The first-order valence-electron chi connectivity index (χ1n) is 15.1. The van der Waals surface area contributed by atoms with Crippen LogP contribution in [0.15, 0.2) is 33.9 Å². The maximum atomic E-state index is 13.1. The van der Waals surface area contributed by atoms with Gasteiger partial charge in [0.15, 0.2) is 5.78 Å². The van der Waals surface area contributed by atoms with Crippen molar-refractivity contribution >= 4 is 23.4 Å². The molecule has 0 saturated carbocycles. The summed E-state index contributed by atoms with van der Waals surface area (Å²) < 4.78 is 0. The lowest BCUT2D eigenvalue weighted by molar-refractivity contribution is -0.124. The van der Waals surface area contributed by atoms with Crippen LogP contribution < -0.4 is 5.32 Å². The minimum Gasteiger partial charge on any atom is -0.294 e. The number of hydrogen-bond acceptors (Lipinski definition) is 4. The Morgan fingerprint density at radius 3 is 1.67 bits per heavy atom. The third kappa shape index (κ3) is 12.8. The van der Waals surface area contributed by atoms with E-state index in [4.69, 9.17) is 0 Å². The summed E-state index contributed by atoms with van der Waals surface area (Å²) in [5, 5.41) is 2.95. The number of allylic oxidation sites excluding steroid dienone is 3. The summed E-state index contributed by atoms with van der Waals surface area (Å²) in [5.41, 5.74) is 1.20. The van der Waals surface area contributed by atoms with E-state index in [0.29, 0.717) is 17.4 Å². The van der Waals surface area contributed by atoms with Crippen molar-refractivity contribution in [3.8, 4) is 0 Å². The van der Waals surface area contributed by atoms with Crippen LogP contribution in [-0.4, -0.2) is 23.4 Å². The number of nitrogens with one attached hydrogen (secondary N) is 1. The molecule has 0 radical (unpaired) electrons. The Morgan fingerprint density at radius 1 is 0.694 bits per heavy atom. The van der Waals surface area contributed by atoms with Crippen LogP contribution in [0.25, 0.3) is 0 Å². The van der Waals surface area contributed by atoms with E-state index in [-0.39, 0.29) is 17.6 Å². The largest absolute Gasteiger partial charge is 0.294 e. The Balaban J connectivity index is 1.72. The van der Waals surface area contributed by atoms with Gasteiger partial charge in [-0.2, -0.15) is 0 Å². The SMILES string of the molecule is CCCCCCCCCCCCC(CCCCCCCCCC)C(=O)NC1=NC2=CC(=O)C=CC2=N1. The summed E-state index contributed by atoms with van der Waals surface area (Å²) >= 11 is 0. The van der Waals surface area contributed by atoms with E-state index < -0.39 is 0 Å². The number of amides is 1. The number of fused-ring (bicyclic) bond motifs is 1. The van der Waals surface area contributed by atoms with E-state index in [1.54, 1.807) is 6.08 Å². The highest BCUT2D eigenvalue weighted by Crippen LogP contribution is 2.21. The summed E-state index contributed by atoms with van der Waals surface area (Å²) in [5.74, 6) is 0.278. The molecule has 1 aliphatic heterocycles. The molecule has 0 aromatic heterocycles. The van der Waals surface area contributed by atoms with Crippen LogP contribution in [0, 0.1) is 5.92 Å². The first-order chi connectivity index (χ1) is 17.6. The predicted octanol–water partition coefficient (Wildman–Crippen LogP) is 8.39. The van der Waals surface area contributed by atoms with Crippen LogP contribution in [0.1, 0.15) is 142 Å². The van der Waals surface area contributed by atoms with Crippen molar-refractivity contribution in [3.63, 3.8) is 0 Å². The van der Waals surface area contributed by atoms with E-state index >= 15 is 0 Å². The standard InChI is InChI=1S/C31H51N3O2/c1-3-5-7-9-11-13-14-16-18-20-22-26(21-19-17-15-12-10-8-6-4-2)30(36)34-31-32-28-24-23-27(35)25-29(28)33-31/h23-26H,3-22H2,1-2H3,(H,33,34,36). The Morgan fingerprint density at radius 2 is 1.17 bits per heavy atom. The molecule has 0 bridgehead atoms. The highest BCUT2D eigenvalue weighted by atomic mass is 16.2. The monoisotopic (exact) mass is 497 g/mol. The molecule has 0 aromatic carbocycles. The molecule has 0 fully saturated rings. The summed E-state index contributed by atoms with van der Waals surface area (Å²) in [6.45, 7) is 4.52. The lowest BCUT2D eigenvalue weighted by Gasteiger charge is -2.16. The quantitative estimate of drug-likeness (QED) is 0.128. The van der Waals surface area contributed by atoms with Gasteiger partial charge in [0, 0.05) is 12.0 Å². The minimum atomic E-state index is -0.0891. The van der Waals surface area contributed by atoms with Crippen molar-refractivity contribution in [1.82, 2.24) is 5.32 Å². The van der Waals surface area contributed by atoms with Crippen LogP contribution in [0.4, 0.5) is 0 Å². The number of carbonyl (C=O) groups is 2. The summed E-state index contributed by atoms with van der Waals surface area (Å²) in [6.07, 6.45) is 29.8. The van der Waals surface area contributed by atoms with Gasteiger partial charge in [-0.25, -0.2) is 9.98 Å². The number of unbranched alkanes of at least 4 members (excludes halogenated alkanes) is 16. The molecule has 5 heteroatoms. The molecule has 1 unspecified atom stereocenters. The highest BCUT2D eigenvalue weighted by molar-refractivity contribution is 6.25. The second kappa shape index (κ2) is 19.1. The lowest BCUT2D eigenvalue weighted by atomic mass is 9.93. The van der Waals surface area contributed by atoms with Crippen LogP contribution >= 0.6 is 0 Å². The zero-order valence-electron chi connectivity index (χ0n) is 23.2. The van der Waals surface area contributed by atoms with Gasteiger partial charge in [0.25, 0.3) is 0 Å². The van der Waals surface area contributed by atoms with Gasteiger partial charge in [-0.3, -0.25) is 14.9 Å². The minimum absolute atomic E-state index is 0.0100. The lowest BCUT2D eigenvalue weighted by Crippen LogP contribution is -2.34. The molecule has 202 valence electrons. The molecule has 0 saturated heterocycles. The zero-order chi connectivity index (χ0) is 25.8. The average molecular weight is 498 g/mol. The molecule has 1 atom stereocenters. The van der Waals surface area contributed by atoms with E-state index in [1.807, 2.05) is 0 Å². The third-order valence-electron chi connectivity index (χ3n) is 7.32. The predicted molar refractivity (Wildman–Crippen MR) is 152 cm³/mol. The van der Waals surface area contributed by atoms with Crippen molar-refractivity contribution in [2.45, 2.75) is 142 Å². The van der Waals surface area contributed by atoms with Crippen molar-refractivity contribution in [2.24, 2.45) is 15.9 Å². The van der Waals surface area contributed by atoms with Crippen LogP contribution in [0.5, 0.6) is 0 Å². The summed E-state index contributed by atoms with van der Waals surface area (Å²) in [6, 6.07) is 0.